The van der Waals surface area contributed by atoms with E-state index in [4.69, 9.17) is 34.8 Å². The van der Waals surface area contributed by atoms with E-state index >= 15 is 0 Å². The van der Waals surface area contributed by atoms with Gasteiger partial charge in [-0.15, -0.1) is 11.3 Å². The molecular weight excluding hydrogens is 485 g/mol. The van der Waals surface area contributed by atoms with Crippen LogP contribution in [0.3, 0.4) is 0 Å². The van der Waals surface area contributed by atoms with Crippen LogP contribution in [0.1, 0.15) is 11.1 Å². The third-order valence-corrected chi connectivity index (χ3v) is 7.14. The first-order chi connectivity index (χ1) is 15.4. The van der Waals surface area contributed by atoms with Gasteiger partial charge in [-0.25, -0.2) is 0 Å². The number of rotatable bonds is 5. The van der Waals surface area contributed by atoms with Gasteiger partial charge in [-0.1, -0.05) is 46.9 Å². The fourth-order valence-corrected chi connectivity index (χ4v) is 5.70. The van der Waals surface area contributed by atoms with Gasteiger partial charge in [-0.2, -0.15) is 0 Å². The van der Waals surface area contributed by atoms with Crippen molar-refractivity contribution in [2.24, 2.45) is 0 Å². The van der Waals surface area contributed by atoms with Gasteiger partial charge in [0.1, 0.15) is 0 Å². The molecule has 0 saturated carbocycles. The molecule has 5 rings (SSSR count). The summed E-state index contributed by atoms with van der Waals surface area (Å²) in [5.41, 5.74) is 4.74. The van der Waals surface area contributed by atoms with Crippen molar-refractivity contribution in [3.63, 3.8) is 0 Å². The summed E-state index contributed by atoms with van der Waals surface area (Å²) in [5, 5.41) is 15.4. The van der Waals surface area contributed by atoms with E-state index in [9.17, 15) is 9.90 Å². The van der Waals surface area contributed by atoms with Crippen molar-refractivity contribution in [2.75, 3.05) is 0 Å². The number of hydrogen-bond donors (Lipinski definition) is 1. The van der Waals surface area contributed by atoms with E-state index in [-0.39, 0.29) is 6.42 Å². The predicted octanol–water partition coefficient (Wildman–Crippen LogP) is 8.16. The zero-order valence-corrected chi connectivity index (χ0v) is 19.7. The van der Waals surface area contributed by atoms with Crippen LogP contribution in [0.15, 0.2) is 66.2 Å². The van der Waals surface area contributed by atoms with Crippen molar-refractivity contribution in [1.82, 2.24) is 4.57 Å². The van der Waals surface area contributed by atoms with Crippen LogP contribution in [-0.2, 0) is 17.8 Å². The number of carboxylic acids is 1. The largest absolute Gasteiger partial charge is 0.481 e. The molecule has 0 spiro atoms. The van der Waals surface area contributed by atoms with Crippen molar-refractivity contribution in [2.45, 2.75) is 13.0 Å². The second kappa shape index (κ2) is 8.45. The Morgan fingerprint density at radius 1 is 0.844 bits per heavy atom. The van der Waals surface area contributed by atoms with Crippen LogP contribution >= 0.6 is 46.1 Å². The van der Waals surface area contributed by atoms with Gasteiger partial charge in [0.25, 0.3) is 0 Å². The highest BCUT2D eigenvalue weighted by molar-refractivity contribution is 7.17. The summed E-state index contributed by atoms with van der Waals surface area (Å²) in [5.74, 6) is -0.859. The maximum Gasteiger partial charge on any atom is 0.307 e. The quantitative estimate of drug-likeness (QED) is 0.264. The SMILES string of the molecule is O=C(O)Cc1cn(Cc2csc3ccc(Cl)cc23)c2cc(-c3cc(Cl)cc(Cl)c3)ccc12. The molecule has 5 aromatic rings. The van der Waals surface area contributed by atoms with E-state index in [0.717, 1.165) is 38.5 Å². The van der Waals surface area contributed by atoms with E-state index in [1.165, 1.54) is 4.70 Å². The lowest BCUT2D eigenvalue weighted by molar-refractivity contribution is -0.136. The molecule has 0 atom stereocenters. The zero-order valence-electron chi connectivity index (χ0n) is 16.6. The number of hydrogen-bond acceptors (Lipinski definition) is 2. The maximum absolute atomic E-state index is 11.5. The lowest BCUT2D eigenvalue weighted by Crippen LogP contribution is -2.00. The summed E-state index contributed by atoms with van der Waals surface area (Å²) in [6.07, 6.45) is 1.89. The number of benzene rings is 3. The molecule has 0 amide bonds. The van der Waals surface area contributed by atoms with Crippen molar-refractivity contribution in [1.29, 1.82) is 0 Å². The number of halogens is 3. The summed E-state index contributed by atoms with van der Waals surface area (Å²) >= 11 is 20.3. The highest BCUT2D eigenvalue weighted by atomic mass is 35.5. The number of carbonyl (C=O) groups is 1. The standard InChI is InChI=1S/C25H16Cl3NO2S/c26-18-2-4-24-22(10-18)17(13-32-24)12-29-11-16(8-25(30)31)21-3-1-14(7-23(21)29)15-5-19(27)9-20(28)6-15/h1-7,9-11,13H,8,12H2,(H,30,31). The van der Waals surface area contributed by atoms with Crippen molar-refractivity contribution in [3.8, 4) is 11.1 Å². The van der Waals surface area contributed by atoms with Crippen molar-refractivity contribution >= 4 is 73.1 Å². The Bertz CT molecular complexity index is 1480. The molecule has 3 aromatic carbocycles. The topological polar surface area (TPSA) is 42.2 Å². The molecule has 32 heavy (non-hydrogen) atoms. The fraction of sp³-hybridized carbons (Fsp3) is 0.0800. The Hall–Kier alpha value is -2.50. The van der Waals surface area contributed by atoms with Crippen LogP contribution in [0.4, 0.5) is 0 Å². The molecule has 0 bridgehead atoms. The monoisotopic (exact) mass is 499 g/mol. The average Bonchev–Trinajstić information content (AvgIpc) is 3.28. The van der Waals surface area contributed by atoms with Crippen LogP contribution in [0.25, 0.3) is 32.1 Å². The van der Waals surface area contributed by atoms with E-state index in [1.54, 1.807) is 17.4 Å². The highest BCUT2D eigenvalue weighted by Gasteiger charge is 2.15. The van der Waals surface area contributed by atoms with Gasteiger partial charge in [0.05, 0.1) is 6.42 Å². The minimum absolute atomic E-state index is 0.0396. The van der Waals surface area contributed by atoms with Gasteiger partial charge < -0.3 is 9.67 Å². The number of fused-ring (bicyclic) bond motifs is 2. The van der Waals surface area contributed by atoms with Crippen LogP contribution in [-0.4, -0.2) is 15.6 Å². The van der Waals surface area contributed by atoms with Crippen molar-refractivity contribution in [3.05, 3.63) is 92.4 Å². The summed E-state index contributed by atoms with van der Waals surface area (Å²) in [6.45, 7) is 0.607. The molecule has 0 aliphatic heterocycles. The molecule has 0 radical (unpaired) electrons. The number of aliphatic carboxylic acids is 1. The van der Waals surface area contributed by atoms with Crippen LogP contribution in [0, 0.1) is 0 Å². The molecule has 160 valence electrons. The molecule has 3 nitrogen and oxygen atoms in total. The average molecular weight is 501 g/mol. The second-order valence-electron chi connectivity index (χ2n) is 7.64. The van der Waals surface area contributed by atoms with Crippen LogP contribution in [0.5, 0.6) is 0 Å². The minimum Gasteiger partial charge on any atom is -0.481 e. The number of thiophene rings is 1. The molecule has 0 aliphatic rings. The van der Waals surface area contributed by atoms with Gasteiger partial charge in [-0.3, -0.25) is 4.79 Å². The van der Waals surface area contributed by atoms with E-state index in [2.05, 4.69) is 16.0 Å². The first kappa shape index (κ1) is 21.4. The van der Waals surface area contributed by atoms with Crippen LogP contribution in [0.2, 0.25) is 15.1 Å². The molecule has 7 heteroatoms. The third kappa shape index (κ3) is 4.12. The first-order valence-corrected chi connectivity index (χ1v) is 11.8. The Kier molecular flexibility index (Phi) is 5.64. The summed E-state index contributed by atoms with van der Waals surface area (Å²) < 4.78 is 3.27. The summed E-state index contributed by atoms with van der Waals surface area (Å²) in [6, 6.07) is 17.3. The zero-order chi connectivity index (χ0) is 22.4. The normalized spacial score (nSPS) is 11.5. The molecule has 1 N–H and O–H groups in total. The van der Waals surface area contributed by atoms with Gasteiger partial charge in [-0.05, 0) is 75.5 Å². The number of aromatic nitrogens is 1. The van der Waals surface area contributed by atoms with Gasteiger partial charge >= 0.3 is 5.97 Å². The fourth-order valence-electron chi connectivity index (χ4n) is 4.06. The van der Waals surface area contributed by atoms with Gasteiger partial charge in [0.15, 0.2) is 0 Å². The van der Waals surface area contributed by atoms with Gasteiger partial charge in [0.2, 0.25) is 0 Å². The number of carboxylic acid groups (broad SMARTS) is 1. The van der Waals surface area contributed by atoms with Gasteiger partial charge in [0, 0.05) is 43.4 Å². The van der Waals surface area contributed by atoms with Crippen molar-refractivity contribution < 1.29 is 9.90 Å². The summed E-state index contributed by atoms with van der Waals surface area (Å²) in [4.78, 5) is 11.5. The lowest BCUT2D eigenvalue weighted by Gasteiger charge is -2.08. The van der Waals surface area contributed by atoms with E-state index < -0.39 is 5.97 Å². The molecule has 0 fully saturated rings. The lowest BCUT2D eigenvalue weighted by atomic mass is 10.0. The molecule has 2 heterocycles. The molecule has 0 unspecified atom stereocenters. The molecule has 0 saturated heterocycles. The predicted molar refractivity (Wildman–Crippen MR) is 135 cm³/mol. The first-order valence-electron chi connectivity index (χ1n) is 9.83. The molecular formula is C25H16Cl3NO2S. The Labute approximate surface area is 203 Å². The minimum atomic E-state index is -0.859. The molecule has 2 aromatic heterocycles. The highest BCUT2D eigenvalue weighted by Crippen LogP contribution is 2.34. The summed E-state index contributed by atoms with van der Waals surface area (Å²) in [7, 11) is 0. The molecule has 0 aliphatic carbocycles. The van der Waals surface area contributed by atoms with E-state index in [1.807, 2.05) is 48.7 Å². The second-order valence-corrected chi connectivity index (χ2v) is 9.86. The Balaban J connectivity index is 1.66. The Morgan fingerprint density at radius 3 is 2.38 bits per heavy atom. The third-order valence-electron chi connectivity index (χ3n) is 5.46. The number of nitrogens with zero attached hydrogens (tertiary/aromatic N) is 1. The maximum atomic E-state index is 11.5. The Morgan fingerprint density at radius 2 is 1.62 bits per heavy atom. The smallest absolute Gasteiger partial charge is 0.307 e. The van der Waals surface area contributed by atoms with Crippen LogP contribution < -0.4 is 0 Å². The van der Waals surface area contributed by atoms with E-state index in [0.29, 0.717) is 21.6 Å².